The number of fused-ring (bicyclic) bond motifs is 1. The Hall–Kier alpha value is -1.85. The van der Waals surface area contributed by atoms with E-state index >= 15 is 0 Å². The van der Waals surface area contributed by atoms with Crippen LogP contribution in [0, 0.1) is 11.3 Å². The Morgan fingerprint density at radius 2 is 2.19 bits per heavy atom. The normalized spacial score (nSPS) is 49.5. The Bertz CT molecular complexity index is 884. The fourth-order valence-electron chi connectivity index (χ4n) is 8.01. The molecule has 0 aromatic heterocycles. The highest BCUT2D eigenvalue weighted by atomic mass is 16.5. The van der Waals surface area contributed by atoms with Crippen LogP contribution in [0.15, 0.2) is 36.4 Å². The summed E-state index contributed by atoms with van der Waals surface area (Å²) in [6, 6.07) is 8.70. The minimum absolute atomic E-state index is 0.121. The quantitative estimate of drug-likeness (QED) is 0.595. The summed E-state index contributed by atoms with van der Waals surface area (Å²) in [7, 11) is 1.38. The molecule has 2 N–H and O–H groups in total. The topological polar surface area (TPSA) is 61.8 Å². The first-order valence-electron chi connectivity index (χ1n) is 9.58. The smallest absolute Gasteiger partial charge is 0.340 e. The van der Waals surface area contributed by atoms with Crippen LogP contribution in [0.25, 0.3) is 0 Å². The average Bonchev–Trinajstić information content (AvgIpc) is 3.29. The molecule has 2 saturated carbocycles. The zero-order valence-electron chi connectivity index (χ0n) is 15.2. The molecule has 5 nitrogen and oxygen atoms in total. The maximum absolute atomic E-state index is 13.0. The van der Waals surface area contributed by atoms with Gasteiger partial charge in [0.1, 0.15) is 0 Å². The molecule has 6 atom stereocenters. The Balaban J connectivity index is 1.73. The lowest BCUT2D eigenvalue weighted by atomic mass is 9.55. The molecule has 3 heterocycles. The van der Waals surface area contributed by atoms with Gasteiger partial charge in [0.05, 0.1) is 12.6 Å². The van der Waals surface area contributed by atoms with Crippen LogP contribution in [0.5, 0.6) is 0 Å². The summed E-state index contributed by atoms with van der Waals surface area (Å²) in [4.78, 5) is 15.5. The van der Waals surface area contributed by atoms with E-state index in [0.717, 1.165) is 25.2 Å². The van der Waals surface area contributed by atoms with Crippen molar-refractivity contribution >= 4 is 11.7 Å². The second-order valence-corrected chi connectivity index (χ2v) is 8.86. The van der Waals surface area contributed by atoms with Crippen LogP contribution >= 0.6 is 0 Å². The fraction of sp³-hybridized carbons (Fsp3) is 0.571. The van der Waals surface area contributed by atoms with E-state index in [-0.39, 0.29) is 16.7 Å². The third kappa shape index (κ3) is 1.14. The molecule has 0 unspecified atom stereocenters. The zero-order valence-corrected chi connectivity index (χ0v) is 15.2. The van der Waals surface area contributed by atoms with E-state index < -0.39 is 17.1 Å². The maximum Gasteiger partial charge on any atom is 0.340 e. The van der Waals surface area contributed by atoms with Crippen molar-refractivity contribution in [2.75, 3.05) is 25.5 Å². The Morgan fingerprint density at radius 3 is 3.00 bits per heavy atom. The average molecular weight is 352 g/mol. The molecule has 136 valence electrons. The monoisotopic (exact) mass is 352 g/mol. The van der Waals surface area contributed by atoms with E-state index in [1.165, 1.54) is 12.7 Å². The molecule has 1 aromatic rings. The number of methoxy groups -OCH3 is 1. The van der Waals surface area contributed by atoms with Crippen molar-refractivity contribution in [3.8, 4) is 0 Å². The number of carbonyl (C=O) groups is 1. The zero-order chi connectivity index (χ0) is 17.9. The van der Waals surface area contributed by atoms with Gasteiger partial charge in [0.15, 0.2) is 5.60 Å². The summed E-state index contributed by atoms with van der Waals surface area (Å²) in [5.41, 5.74) is -0.418. The molecule has 0 amide bonds. The highest BCUT2D eigenvalue weighted by molar-refractivity contribution is 5.88. The Labute approximate surface area is 153 Å². The van der Waals surface area contributed by atoms with E-state index in [9.17, 15) is 9.90 Å². The van der Waals surface area contributed by atoms with Crippen molar-refractivity contribution in [1.82, 2.24) is 4.90 Å². The lowest BCUT2D eigenvalue weighted by Crippen LogP contribution is -2.72. The van der Waals surface area contributed by atoms with Gasteiger partial charge in [-0.2, -0.15) is 0 Å². The van der Waals surface area contributed by atoms with E-state index in [4.69, 9.17) is 4.74 Å². The van der Waals surface area contributed by atoms with Crippen LogP contribution in [-0.4, -0.2) is 53.4 Å². The van der Waals surface area contributed by atoms with Crippen molar-refractivity contribution in [1.29, 1.82) is 0 Å². The molecule has 2 aliphatic carbocycles. The minimum Gasteiger partial charge on any atom is -0.467 e. The van der Waals surface area contributed by atoms with Crippen molar-refractivity contribution in [3.63, 3.8) is 0 Å². The number of aliphatic hydroxyl groups is 1. The number of rotatable bonds is 1. The third-order valence-corrected chi connectivity index (χ3v) is 8.54. The highest BCUT2D eigenvalue weighted by Crippen LogP contribution is 2.79. The summed E-state index contributed by atoms with van der Waals surface area (Å²) < 4.78 is 5.15. The summed E-state index contributed by atoms with van der Waals surface area (Å²) in [5, 5.41) is 15.6. The largest absolute Gasteiger partial charge is 0.467 e. The second kappa shape index (κ2) is 4.18. The number of hydrogen-bond donors (Lipinski definition) is 2. The molecule has 3 spiro atoms. The second-order valence-electron chi connectivity index (χ2n) is 8.86. The SMILES string of the molecule is COC(=O)[C@@]1(O)C[C@@]23C=CCN4CC[C@@]5(c6ccccc6N[C@]15[C@@H]2C)[C@@H]43. The van der Waals surface area contributed by atoms with Gasteiger partial charge in [-0.3, -0.25) is 4.90 Å². The van der Waals surface area contributed by atoms with Crippen LogP contribution in [0.3, 0.4) is 0 Å². The molecule has 5 aliphatic rings. The van der Waals surface area contributed by atoms with Crippen molar-refractivity contribution in [3.05, 3.63) is 42.0 Å². The van der Waals surface area contributed by atoms with Crippen LogP contribution in [0.1, 0.15) is 25.3 Å². The van der Waals surface area contributed by atoms with Crippen LogP contribution < -0.4 is 5.32 Å². The van der Waals surface area contributed by atoms with E-state index in [1.54, 1.807) is 0 Å². The van der Waals surface area contributed by atoms with E-state index in [2.05, 4.69) is 47.5 Å². The van der Waals surface area contributed by atoms with Gasteiger partial charge in [-0.25, -0.2) is 4.79 Å². The molecule has 1 aromatic carbocycles. The predicted molar refractivity (Wildman–Crippen MR) is 96.8 cm³/mol. The molecular formula is C21H24N2O3. The molecule has 0 radical (unpaired) electrons. The van der Waals surface area contributed by atoms with Gasteiger partial charge < -0.3 is 15.2 Å². The van der Waals surface area contributed by atoms with E-state index in [0.29, 0.717) is 12.5 Å². The van der Waals surface area contributed by atoms with Gasteiger partial charge in [0.25, 0.3) is 0 Å². The van der Waals surface area contributed by atoms with Crippen molar-refractivity contribution < 1.29 is 14.6 Å². The summed E-state index contributed by atoms with van der Waals surface area (Å²) in [6.45, 7) is 4.17. The molecule has 6 rings (SSSR count). The standard InChI is InChI=1S/C21H24N2O3/c1-13-18-8-5-10-23-11-9-19(16(18)23)14-6-3-4-7-15(14)22-21(13,19)20(25,12-18)17(24)26-2/h3-8,13,16,22,25H,9-12H2,1-2H3/t13-,16+,18+,19-,20+,21+/m1/s1. The third-order valence-electron chi connectivity index (χ3n) is 8.54. The van der Waals surface area contributed by atoms with Gasteiger partial charge in [-0.1, -0.05) is 37.3 Å². The molecule has 5 heteroatoms. The number of ether oxygens (including phenoxy) is 1. The first kappa shape index (κ1) is 15.2. The van der Waals surface area contributed by atoms with E-state index in [1.807, 2.05) is 6.07 Å². The maximum atomic E-state index is 13.0. The molecular weight excluding hydrogens is 328 g/mol. The van der Waals surface area contributed by atoms with Gasteiger partial charge in [0, 0.05) is 35.5 Å². The predicted octanol–water partition coefficient (Wildman–Crippen LogP) is 1.68. The summed E-state index contributed by atoms with van der Waals surface area (Å²) in [6.07, 6.45) is 5.91. The van der Waals surface area contributed by atoms with Gasteiger partial charge >= 0.3 is 5.97 Å². The summed E-state index contributed by atoms with van der Waals surface area (Å²) in [5.74, 6) is -0.382. The number of nitrogens with zero attached hydrogens (tertiary/aromatic N) is 1. The number of benzene rings is 1. The lowest BCUT2D eigenvalue weighted by molar-refractivity contribution is -0.175. The van der Waals surface area contributed by atoms with Gasteiger partial charge in [-0.05, 0) is 30.5 Å². The van der Waals surface area contributed by atoms with Crippen LogP contribution in [-0.2, 0) is 14.9 Å². The van der Waals surface area contributed by atoms with Gasteiger partial charge in [-0.15, -0.1) is 0 Å². The summed E-state index contributed by atoms with van der Waals surface area (Å²) >= 11 is 0. The van der Waals surface area contributed by atoms with Crippen LogP contribution in [0.2, 0.25) is 0 Å². The number of esters is 1. The number of carbonyl (C=O) groups excluding carboxylic acids is 1. The highest BCUT2D eigenvalue weighted by Gasteiger charge is 2.90. The lowest BCUT2D eigenvalue weighted by Gasteiger charge is -2.53. The number of anilines is 1. The number of nitrogens with one attached hydrogen (secondary N) is 1. The first-order chi connectivity index (χ1) is 12.5. The molecule has 1 saturated heterocycles. The van der Waals surface area contributed by atoms with Crippen molar-refractivity contribution in [2.24, 2.45) is 11.3 Å². The molecule has 26 heavy (non-hydrogen) atoms. The Kier molecular flexibility index (Phi) is 2.45. The van der Waals surface area contributed by atoms with Gasteiger partial charge in [0.2, 0.25) is 0 Å². The molecule has 3 aliphatic heterocycles. The molecule has 3 fully saturated rings. The van der Waals surface area contributed by atoms with Crippen molar-refractivity contribution in [2.45, 2.75) is 42.4 Å². The molecule has 2 bridgehead atoms. The van der Waals surface area contributed by atoms with Crippen LogP contribution in [0.4, 0.5) is 5.69 Å². The number of hydrogen-bond acceptors (Lipinski definition) is 5. The first-order valence-corrected chi connectivity index (χ1v) is 9.58. The minimum atomic E-state index is -1.53. The fourth-order valence-corrected chi connectivity index (χ4v) is 8.01. The number of para-hydroxylation sites is 1. The Morgan fingerprint density at radius 1 is 1.38 bits per heavy atom.